The molecule has 0 aliphatic heterocycles. The Balaban J connectivity index is 1.19. The molecular weight excluding hydrogens is 649 g/mol. The minimum atomic E-state index is -0.261. The second-order valence-corrected chi connectivity index (χ2v) is 14.0. The fourth-order valence-electron chi connectivity index (χ4n) is 8.08. The summed E-state index contributed by atoms with van der Waals surface area (Å²) in [6, 6.07) is 37.9. The molecule has 5 nitrogen and oxygen atoms in total. The maximum atomic E-state index is 9.09. The normalized spacial score (nSPS) is 14.8. The molecule has 53 heavy (non-hydrogen) atoms. The van der Waals surface area contributed by atoms with E-state index in [1.54, 1.807) is 4.57 Å². The van der Waals surface area contributed by atoms with E-state index in [9.17, 15) is 0 Å². The molecule has 0 unspecified atom stereocenters. The zero-order valence-electron chi connectivity index (χ0n) is 34.7. The molecule has 1 aliphatic rings. The van der Waals surface area contributed by atoms with Gasteiger partial charge in [-0.1, -0.05) is 123 Å². The average Bonchev–Trinajstić information content (AvgIpc) is 3.88. The molecule has 0 amide bonds. The Labute approximate surface area is 314 Å². The summed E-state index contributed by atoms with van der Waals surface area (Å²) >= 11 is 0. The van der Waals surface area contributed by atoms with Crippen molar-refractivity contribution in [3.05, 3.63) is 169 Å². The predicted octanol–water partition coefficient (Wildman–Crippen LogP) is 12.2. The summed E-state index contributed by atoms with van der Waals surface area (Å²) in [7, 11) is 0. The van der Waals surface area contributed by atoms with Gasteiger partial charge in [0.05, 0.1) is 24.9 Å². The van der Waals surface area contributed by atoms with Crippen LogP contribution in [0.15, 0.2) is 162 Å². The van der Waals surface area contributed by atoms with Gasteiger partial charge in [0.1, 0.15) is 11.2 Å². The molecule has 0 bridgehead atoms. The summed E-state index contributed by atoms with van der Waals surface area (Å²) in [5.74, 6) is 1.19. The van der Waals surface area contributed by atoms with E-state index in [1.165, 1.54) is 34.4 Å². The Hall–Kier alpha value is -6.85. The summed E-state index contributed by atoms with van der Waals surface area (Å²) in [5, 5.41) is 2.34. The van der Waals surface area contributed by atoms with Crippen LogP contribution in [0.1, 0.15) is 33.2 Å². The van der Waals surface area contributed by atoms with Crippen molar-refractivity contribution in [1.29, 1.82) is 0 Å². The van der Waals surface area contributed by atoms with Gasteiger partial charge in [-0.2, -0.15) is 0 Å². The van der Waals surface area contributed by atoms with Gasteiger partial charge in [0, 0.05) is 43.7 Å². The molecule has 3 aromatic heterocycles. The Kier molecular flexibility index (Phi) is 5.09. The van der Waals surface area contributed by atoms with Gasteiger partial charge in [-0.25, -0.2) is 15.0 Å². The van der Waals surface area contributed by atoms with Crippen LogP contribution >= 0.6 is 0 Å². The van der Waals surface area contributed by atoms with Crippen LogP contribution < -0.4 is 0 Å². The molecule has 0 saturated heterocycles. The molecule has 1 aliphatic carbocycles. The van der Waals surface area contributed by atoms with Gasteiger partial charge in [0.2, 0.25) is 0 Å². The highest BCUT2D eigenvalue weighted by Gasteiger charge is 2.35. The van der Waals surface area contributed by atoms with Gasteiger partial charge in [0.25, 0.3) is 0 Å². The van der Waals surface area contributed by atoms with E-state index in [4.69, 9.17) is 27.6 Å². The maximum Gasteiger partial charge on any atom is 0.166 e. The number of benzene rings is 7. The Morgan fingerprint density at radius 2 is 1.11 bits per heavy atom. The summed E-state index contributed by atoms with van der Waals surface area (Å²) in [6.07, 6.45) is 0. The largest absolute Gasteiger partial charge is 0.456 e. The third-order valence-electron chi connectivity index (χ3n) is 10.6. The SMILES string of the molecule is [2H]c1cc([2H])c2c(c1[2H])c1c([2H])c([2H])cc([2H])c1n2-c1ccccc1-c1nc(-c2ccc3c(c2)C(C)(C)c2ccccc2-3)nc(-c2ccc3c(c2)oc2ccccc23)n1. The number of para-hydroxylation sites is 4. The van der Waals surface area contributed by atoms with Crippen LogP contribution in [0.25, 0.3) is 94.7 Å². The first-order valence-electron chi connectivity index (χ1n) is 20.5. The minimum Gasteiger partial charge on any atom is -0.456 e. The molecule has 11 rings (SSSR count). The molecule has 0 atom stereocenters. The van der Waals surface area contributed by atoms with Gasteiger partial charge >= 0.3 is 0 Å². The van der Waals surface area contributed by atoms with E-state index in [-0.39, 0.29) is 63.5 Å². The van der Waals surface area contributed by atoms with E-state index in [1.807, 2.05) is 72.8 Å². The molecule has 250 valence electrons. The van der Waals surface area contributed by atoms with Crippen molar-refractivity contribution >= 4 is 43.7 Å². The lowest BCUT2D eigenvalue weighted by molar-refractivity contribution is 0.660. The average molecular weight is 687 g/mol. The Morgan fingerprint density at radius 3 is 1.91 bits per heavy atom. The lowest BCUT2D eigenvalue weighted by Gasteiger charge is -2.21. The highest BCUT2D eigenvalue weighted by molar-refractivity contribution is 6.10. The maximum absolute atomic E-state index is 9.09. The molecule has 3 heterocycles. The fraction of sp³-hybridized carbons (Fsp3) is 0.0625. The van der Waals surface area contributed by atoms with E-state index < -0.39 is 0 Å². The Bertz CT molecular complexity index is 3390. The fourth-order valence-corrected chi connectivity index (χ4v) is 8.08. The Morgan fingerprint density at radius 1 is 0.509 bits per heavy atom. The van der Waals surface area contributed by atoms with Crippen molar-refractivity contribution < 1.29 is 12.6 Å². The highest BCUT2D eigenvalue weighted by atomic mass is 16.3. The molecule has 7 aromatic carbocycles. The molecule has 0 saturated carbocycles. The first-order valence-corrected chi connectivity index (χ1v) is 17.5. The van der Waals surface area contributed by atoms with Gasteiger partial charge < -0.3 is 8.98 Å². The van der Waals surface area contributed by atoms with Crippen molar-refractivity contribution in [2.75, 3.05) is 0 Å². The summed E-state index contributed by atoms with van der Waals surface area (Å²) in [6.45, 7) is 4.46. The molecule has 0 fully saturated rings. The van der Waals surface area contributed by atoms with Crippen LogP contribution in [-0.2, 0) is 5.41 Å². The molecule has 0 radical (unpaired) electrons. The van der Waals surface area contributed by atoms with E-state index in [0.717, 1.165) is 27.5 Å². The van der Waals surface area contributed by atoms with E-state index >= 15 is 0 Å². The number of nitrogens with zero attached hydrogens (tertiary/aromatic N) is 4. The first kappa shape index (κ1) is 24.4. The third-order valence-corrected chi connectivity index (χ3v) is 10.6. The summed E-state index contributed by atoms with van der Waals surface area (Å²) in [4.78, 5) is 15.4. The number of hydrogen-bond donors (Lipinski definition) is 0. The van der Waals surface area contributed by atoms with Crippen molar-refractivity contribution in [2.45, 2.75) is 19.3 Å². The van der Waals surface area contributed by atoms with Crippen LogP contribution in [0.4, 0.5) is 0 Å². The second kappa shape index (κ2) is 11.1. The van der Waals surface area contributed by atoms with Gasteiger partial charge in [-0.3, -0.25) is 0 Å². The van der Waals surface area contributed by atoms with Crippen LogP contribution in [0, 0.1) is 0 Å². The highest BCUT2D eigenvalue weighted by Crippen LogP contribution is 2.49. The van der Waals surface area contributed by atoms with Crippen LogP contribution in [0.3, 0.4) is 0 Å². The van der Waals surface area contributed by atoms with Crippen molar-refractivity contribution in [3.8, 4) is 51.0 Å². The number of fused-ring (bicyclic) bond motifs is 9. The van der Waals surface area contributed by atoms with Gasteiger partial charge in [-0.15, -0.1) is 0 Å². The minimum absolute atomic E-state index is 0.0461. The number of furan rings is 1. The van der Waals surface area contributed by atoms with Gasteiger partial charge in [0.15, 0.2) is 17.5 Å². The zero-order valence-corrected chi connectivity index (χ0v) is 28.7. The monoisotopic (exact) mass is 686 g/mol. The van der Waals surface area contributed by atoms with Crippen molar-refractivity contribution in [1.82, 2.24) is 19.5 Å². The second-order valence-electron chi connectivity index (χ2n) is 14.0. The summed E-state index contributed by atoms with van der Waals surface area (Å²) < 4.78 is 61.0. The van der Waals surface area contributed by atoms with Crippen LogP contribution in [-0.4, -0.2) is 19.5 Å². The number of hydrogen-bond acceptors (Lipinski definition) is 4. The number of rotatable bonds is 4. The quantitative estimate of drug-likeness (QED) is 0.185. The topological polar surface area (TPSA) is 56.7 Å². The van der Waals surface area contributed by atoms with E-state index in [0.29, 0.717) is 34.3 Å². The zero-order chi connectivity index (χ0) is 40.5. The summed E-state index contributed by atoms with van der Waals surface area (Å²) in [5.41, 5.74) is 9.11. The number of aromatic nitrogens is 4. The molecule has 0 spiro atoms. The molecular formula is C48H32N4O. The van der Waals surface area contributed by atoms with Crippen LogP contribution in [0.2, 0.25) is 0 Å². The lowest BCUT2D eigenvalue weighted by Crippen LogP contribution is -2.15. The molecule has 5 heteroatoms. The predicted molar refractivity (Wildman–Crippen MR) is 215 cm³/mol. The lowest BCUT2D eigenvalue weighted by atomic mass is 9.82. The van der Waals surface area contributed by atoms with Crippen molar-refractivity contribution in [3.63, 3.8) is 0 Å². The molecule has 10 aromatic rings. The first-order chi connectivity index (χ1) is 28.5. The molecule has 0 N–H and O–H groups in total. The van der Waals surface area contributed by atoms with E-state index in [2.05, 4.69) is 50.2 Å². The van der Waals surface area contributed by atoms with Crippen LogP contribution in [0.5, 0.6) is 0 Å². The third kappa shape index (κ3) is 4.40. The van der Waals surface area contributed by atoms with Gasteiger partial charge in [-0.05, 0) is 70.7 Å². The van der Waals surface area contributed by atoms with Crippen molar-refractivity contribution in [2.24, 2.45) is 0 Å². The smallest absolute Gasteiger partial charge is 0.166 e. The standard InChI is InChI=1S/C48H32N4O/c1-48(2)38-18-8-3-13-31(38)32-25-23-29(27-39(32)48)45-49-46(30-24-26-36-35-16-7-12-22-43(35)53-44(36)28-30)51-47(50-45)37-17-6-11-21-42(37)52-40-19-9-4-14-33(40)34-15-5-10-20-41(34)52/h3-28H,1-2H3/i4D,5D,14D,15D,19D,20D.